The van der Waals surface area contributed by atoms with Crippen molar-refractivity contribution in [2.45, 2.75) is 25.6 Å². The Morgan fingerprint density at radius 2 is 2.21 bits per heavy atom. The van der Waals surface area contributed by atoms with Gasteiger partial charge in [0.15, 0.2) is 17.5 Å². The molecule has 154 valence electrons. The molecule has 1 aromatic rings. The zero-order chi connectivity index (χ0) is 20.4. The number of carbonyl (C=O) groups is 1. The van der Waals surface area contributed by atoms with E-state index in [0.717, 1.165) is 18.2 Å². The standard InChI is InChI=1S/C19H22ClFN6O2/c1-11(19(28)27-3-2-5-29-6-4-27)25-18-15(21)10-24-17(26-18)14-9-23-16-13(14)7-12(20)8-22-16/h7-11,16,22-23H,2-6H2,1H3,(H,24,25,26)/t11-,16?/m1/s1. The lowest BCUT2D eigenvalue weighted by atomic mass is 10.0. The van der Waals surface area contributed by atoms with Crippen LogP contribution >= 0.6 is 11.6 Å². The van der Waals surface area contributed by atoms with Crippen LogP contribution in [0.15, 0.2) is 35.3 Å². The number of aromatic nitrogens is 2. The maximum atomic E-state index is 14.4. The number of nitrogens with zero attached hydrogens (tertiary/aromatic N) is 3. The molecule has 3 aliphatic heterocycles. The SMILES string of the molecule is C[C@@H](Nc1nc(C2=CNC3NC=C(Cl)C=C23)ncc1F)C(=O)N1CCCOCC1. The van der Waals surface area contributed by atoms with Crippen LogP contribution in [-0.4, -0.2) is 59.3 Å². The first-order chi connectivity index (χ1) is 14.0. The molecular weight excluding hydrogens is 399 g/mol. The van der Waals surface area contributed by atoms with Crippen LogP contribution in [0.25, 0.3) is 5.57 Å². The van der Waals surface area contributed by atoms with E-state index in [1.54, 1.807) is 24.2 Å². The fourth-order valence-electron chi connectivity index (χ4n) is 3.45. The summed E-state index contributed by atoms with van der Waals surface area (Å²) in [4.78, 5) is 22.9. The van der Waals surface area contributed by atoms with Crippen molar-refractivity contribution in [2.75, 3.05) is 31.6 Å². The molecule has 0 bridgehead atoms. The van der Waals surface area contributed by atoms with E-state index in [-0.39, 0.29) is 17.9 Å². The lowest BCUT2D eigenvalue weighted by molar-refractivity contribution is -0.131. The van der Waals surface area contributed by atoms with Gasteiger partial charge in [0.1, 0.15) is 12.2 Å². The number of amides is 1. The minimum absolute atomic E-state index is 0.0164. The Labute approximate surface area is 172 Å². The van der Waals surface area contributed by atoms with Crippen molar-refractivity contribution in [1.82, 2.24) is 25.5 Å². The summed E-state index contributed by atoms with van der Waals surface area (Å²) in [6.45, 7) is 3.99. The van der Waals surface area contributed by atoms with Crippen molar-refractivity contribution in [3.63, 3.8) is 0 Å². The van der Waals surface area contributed by atoms with E-state index in [1.165, 1.54) is 0 Å². The third-order valence-corrected chi connectivity index (χ3v) is 5.16. The maximum Gasteiger partial charge on any atom is 0.244 e. The molecule has 1 amide bonds. The van der Waals surface area contributed by atoms with Gasteiger partial charge in [-0.05, 0) is 19.4 Å². The molecule has 0 aromatic carbocycles. The van der Waals surface area contributed by atoms with E-state index in [0.29, 0.717) is 42.7 Å². The quantitative estimate of drug-likeness (QED) is 0.680. The average Bonchev–Trinajstić information content (AvgIpc) is 2.94. The Morgan fingerprint density at radius 3 is 3.07 bits per heavy atom. The molecule has 1 saturated heterocycles. The summed E-state index contributed by atoms with van der Waals surface area (Å²) < 4.78 is 19.7. The van der Waals surface area contributed by atoms with Gasteiger partial charge in [0.2, 0.25) is 5.91 Å². The van der Waals surface area contributed by atoms with Crippen LogP contribution in [0.3, 0.4) is 0 Å². The molecule has 0 radical (unpaired) electrons. The van der Waals surface area contributed by atoms with Crippen molar-refractivity contribution >= 4 is 28.9 Å². The number of hydrogen-bond acceptors (Lipinski definition) is 7. The summed E-state index contributed by atoms with van der Waals surface area (Å²) in [6, 6.07) is -0.637. The van der Waals surface area contributed by atoms with Gasteiger partial charge in [0.05, 0.1) is 17.8 Å². The Bertz CT molecular complexity index is 895. The van der Waals surface area contributed by atoms with Crippen molar-refractivity contribution < 1.29 is 13.9 Å². The summed E-state index contributed by atoms with van der Waals surface area (Å²) in [5.74, 6) is -0.416. The number of anilines is 1. The molecule has 1 fully saturated rings. The average molecular weight is 421 g/mol. The van der Waals surface area contributed by atoms with Crippen LogP contribution in [0.5, 0.6) is 0 Å². The summed E-state index contributed by atoms with van der Waals surface area (Å²) >= 11 is 6.08. The molecule has 4 rings (SSSR count). The second-order valence-corrected chi connectivity index (χ2v) is 7.44. The molecule has 0 spiro atoms. The molecule has 8 nitrogen and oxygen atoms in total. The van der Waals surface area contributed by atoms with Crippen LogP contribution in [0, 0.1) is 5.82 Å². The molecule has 10 heteroatoms. The summed E-state index contributed by atoms with van der Waals surface area (Å²) in [7, 11) is 0. The van der Waals surface area contributed by atoms with E-state index in [2.05, 4.69) is 25.9 Å². The van der Waals surface area contributed by atoms with Gasteiger partial charge >= 0.3 is 0 Å². The van der Waals surface area contributed by atoms with Crippen LogP contribution in [0.4, 0.5) is 10.2 Å². The highest BCUT2D eigenvalue weighted by molar-refractivity contribution is 6.31. The Balaban J connectivity index is 1.51. The minimum Gasteiger partial charge on any atom is -0.380 e. The summed E-state index contributed by atoms with van der Waals surface area (Å²) in [5, 5.41) is 9.71. The Kier molecular flexibility index (Phi) is 5.68. The number of halogens is 2. The highest BCUT2D eigenvalue weighted by Crippen LogP contribution is 2.31. The maximum absolute atomic E-state index is 14.4. The smallest absolute Gasteiger partial charge is 0.244 e. The molecule has 29 heavy (non-hydrogen) atoms. The van der Waals surface area contributed by atoms with Gasteiger partial charge in [0, 0.05) is 43.2 Å². The summed E-state index contributed by atoms with van der Waals surface area (Å²) in [6.07, 6.45) is 7.01. The third kappa shape index (κ3) is 4.20. The molecule has 0 aliphatic carbocycles. The van der Waals surface area contributed by atoms with Gasteiger partial charge in [-0.1, -0.05) is 11.6 Å². The van der Waals surface area contributed by atoms with Gasteiger partial charge in [-0.3, -0.25) is 4.79 Å². The van der Waals surface area contributed by atoms with E-state index in [9.17, 15) is 9.18 Å². The highest BCUT2D eigenvalue weighted by Gasteiger charge is 2.28. The van der Waals surface area contributed by atoms with Crippen LogP contribution in [0.1, 0.15) is 19.2 Å². The first kappa shape index (κ1) is 19.7. The monoisotopic (exact) mass is 420 g/mol. The number of rotatable bonds is 4. The van der Waals surface area contributed by atoms with Gasteiger partial charge in [0.25, 0.3) is 0 Å². The molecule has 1 aromatic heterocycles. The molecule has 1 unspecified atom stereocenters. The number of ether oxygens (including phenoxy) is 1. The number of hydrogen-bond donors (Lipinski definition) is 3. The van der Waals surface area contributed by atoms with Gasteiger partial charge in [-0.15, -0.1) is 0 Å². The minimum atomic E-state index is -0.637. The molecule has 4 heterocycles. The zero-order valence-electron chi connectivity index (χ0n) is 15.9. The second kappa shape index (κ2) is 8.38. The van der Waals surface area contributed by atoms with Crippen LogP contribution < -0.4 is 16.0 Å². The molecule has 0 saturated carbocycles. The normalized spacial score (nSPS) is 22.2. The van der Waals surface area contributed by atoms with Crippen molar-refractivity contribution in [3.8, 4) is 0 Å². The van der Waals surface area contributed by atoms with E-state index in [1.807, 2.05) is 6.08 Å². The van der Waals surface area contributed by atoms with Gasteiger partial charge < -0.3 is 25.6 Å². The highest BCUT2D eigenvalue weighted by atomic mass is 35.5. The molecule has 3 aliphatic rings. The van der Waals surface area contributed by atoms with E-state index in [4.69, 9.17) is 16.3 Å². The number of nitrogens with one attached hydrogen (secondary N) is 3. The predicted octanol–water partition coefficient (Wildman–Crippen LogP) is 1.54. The Hall–Kier alpha value is -2.65. The first-order valence-corrected chi connectivity index (χ1v) is 9.86. The lowest BCUT2D eigenvalue weighted by Crippen LogP contribution is -2.42. The first-order valence-electron chi connectivity index (χ1n) is 9.49. The van der Waals surface area contributed by atoms with Crippen LogP contribution in [0.2, 0.25) is 0 Å². The largest absolute Gasteiger partial charge is 0.380 e. The van der Waals surface area contributed by atoms with Crippen molar-refractivity contribution in [1.29, 1.82) is 0 Å². The van der Waals surface area contributed by atoms with Crippen LogP contribution in [-0.2, 0) is 9.53 Å². The van der Waals surface area contributed by atoms with E-state index >= 15 is 0 Å². The zero-order valence-corrected chi connectivity index (χ0v) is 16.7. The van der Waals surface area contributed by atoms with Gasteiger partial charge in [-0.25, -0.2) is 14.4 Å². The van der Waals surface area contributed by atoms with Gasteiger partial charge in [-0.2, -0.15) is 0 Å². The molecule has 2 atom stereocenters. The second-order valence-electron chi connectivity index (χ2n) is 7.00. The van der Waals surface area contributed by atoms with E-state index < -0.39 is 11.9 Å². The summed E-state index contributed by atoms with van der Waals surface area (Å²) in [5.41, 5.74) is 1.57. The van der Waals surface area contributed by atoms with Crippen molar-refractivity contribution in [3.05, 3.63) is 46.9 Å². The number of dihydropyridines is 1. The third-order valence-electron chi connectivity index (χ3n) is 4.94. The number of fused-ring (bicyclic) bond motifs is 1. The topological polar surface area (TPSA) is 91.4 Å². The Morgan fingerprint density at radius 1 is 1.38 bits per heavy atom. The molecule has 3 N–H and O–H groups in total. The molecular formula is C19H22ClFN6O2. The number of allylic oxidation sites excluding steroid dienone is 2. The fourth-order valence-corrected chi connectivity index (χ4v) is 3.63. The number of carbonyl (C=O) groups excluding carboxylic acids is 1. The lowest BCUT2D eigenvalue weighted by Gasteiger charge is -2.24. The van der Waals surface area contributed by atoms with Crippen molar-refractivity contribution in [2.24, 2.45) is 0 Å². The fraction of sp³-hybridized carbons (Fsp3) is 0.421. The predicted molar refractivity (Wildman–Crippen MR) is 107 cm³/mol.